The van der Waals surface area contributed by atoms with Crippen molar-refractivity contribution in [3.05, 3.63) is 54.2 Å². The Morgan fingerprint density at radius 3 is 2.67 bits per heavy atom. The predicted molar refractivity (Wildman–Crippen MR) is 102 cm³/mol. The number of hydrogen-bond donors (Lipinski definition) is 1. The molecule has 0 saturated carbocycles. The number of anilines is 1. The van der Waals surface area contributed by atoms with Gasteiger partial charge in [0, 0.05) is 42.0 Å². The van der Waals surface area contributed by atoms with Crippen LogP contribution in [0.5, 0.6) is 0 Å². The summed E-state index contributed by atoms with van der Waals surface area (Å²) in [5, 5.41) is 3.24. The van der Waals surface area contributed by atoms with Crippen molar-refractivity contribution < 1.29 is 13.2 Å². The zero-order valence-electron chi connectivity index (χ0n) is 15.5. The molecule has 2 heterocycles. The Kier molecular flexibility index (Phi) is 5.51. The van der Waals surface area contributed by atoms with E-state index in [0.29, 0.717) is 11.6 Å². The lowest BCUT2D eigenvalue weighted by Crippen LogP contribution is -2.30. The molecule has 1 aliphatic rings. The second-order valence-corrected chi connectivity index (χ2v) is 6.85. The van der Waals surface area contributed by atoms with Crippen molar-refractivity contribution in [2.45, 2.75) is 32.5 Å². The lowest BCUT2D eigenvalue weighted by Gasteiger charge is -2.24. The largest absolute Gasteiger partial charge is 0.418 e. The van der Waals surface area contributed by atoms with Crippen molar-refractivity contribution in [3.63, 3.8) is 0 Å². The highest BCUT2D eigenvalue weighted by Gasteiger charge is 2.34. The minimum Gasteiger partial charge on any atom is -0.344 e. The normalized spacial score (nSPS) is 14.1. The molecule has 1 aromatic heterocycles. The number of amidine groups is 1. The van der Waals surface area contributed by atoms with Crippen LogP contribution in [0.25, 0.3) is 11.3 Å². The van der Waals surface area contributed by atoms with Gasteiger partial charge in [0.15, 0.2) is 0 Å². The van der Waals surface area contributed by atoms with E-state index in [-0.39, 0.29) is 5.69 Å². The third kappa shape index (κ3) is 4.47. The highest BCUT2D eigenvalue weighted by molar-refractivity contribution is 5.99. The van der Waals surface area contributed by atoms with Gasteiger partial charge in [-0.1, -0.05) is 12.1 Å². The summed E-state index contributed by atoms with van der Waals surface area (Å²) >= 11 is 0. The van der Waals surface area contributed by atoms with Crippen LogP contribution in [0, 0.1) is 6.54 Å². The van der Waals surface area contributed by atoms with E-state index in [1.54, 1.807) is 24.7 Å². The summed E-state index contributed by atoms with van der Waals surface area (Å²) in [5.41, 5.74) is 1.19. The van der Waals surface area contributed by atoms with E-state index >= 15 is 0 Å². The third-order valence-electron chi connectivity index (χ3n) is 4.66. The summed E-state index contributed by atoms with van der Waals surface area (Å²) in [5.74, 6) is 0.796. The zero-order valence-corrected chi connectivity index (χ0v) is 15.5. The quantitative estimate of drug-likeness (QED) is 0.814. The van der Waals surface area contributed by atoms with E-state index in [4.69, 9.17) is 0 Å². The number of alkyl halides is 3. The van der Waals surface area contributed by atoms with Crippen LogP contribution >= 0.6 is 0 Å². The van der Waals surface area contributed by atoms with Crippen LogP contribution < -0.4 is 5.32 Å². The van der Waals surface area contributed by atoms with E-state index < -0.39 is 11.7 Å². The van der Waals surface area contributed by atoms with Gasteiger partial charge in [0.1, 0.15) is 12.4 Å². The lowest BCUT2D eigenvalue weighted by molar-refractivity contribution is -0.137. The first kappa shape index (κ1) is 19.4. The molecule has 0 aliphatic carbocycles. The Morgan fingerprint density at radius 2 is 1.96 bits per heavy atom. The van der Waals surface area contributed by atoms with E-state index in [1.807, 2.05) is 7.05 Å². The number of rotatable bonds is 5. The fourth-order valence-electron chi connectivity index (χ4n) is 2.79. The standard InChI is InChI=1S/C20H22F3N4/c1-13(2)27(3)10-8-18-25-12-15-7-6-14(11-17(15)26-18)19-16(20(21,22)23)5-4-9-24-19/h4-7,9,11-13H,8,10H2,1-3H3,(H,25,26). The molecule has 4 nitrogen and oxygen atoms in total. The van der Waals surface area contributed by atoms with Crippen molar-refractivity contribution in [2.24, 2.45) is 4.99 Å². The number of aliphatic imine (C=N–C) groups is 1. The van der Waals surface area contributed by atoms with Crippen LogP contribution in [0.1, 0.15) is 31.4 Å². The van der Waals surface area contributed by atoms with Crippen molar-refractivity contribution in [2.75, 3.05) is 18.9 Å². The van der Waals surface area contributed by atoms with Gasteiger partial charge in [-0.15, -0.1) is 0 Å². The van der Waals surface area contributed by atoms with Gasteiger partial charge in [0.2, 0.25) is 0 Å². The summed E-state index contributed by atoms with van der Waals surface area (Å²) in [6.07, 6.45) is -2.35. The van der Waals surface area contributed by atoms with Crippen molar-refractivity contribution in [1.29, 1.82) is 0 Å². The lowest BCUT2D eigenvalue weighted by atomic mass is 10.0. The molecule has 1 aromatic carbocycles. The summed E-state index contributed by atoms with van der Waals surface area (Å²) in [6.45, 7) is 6.82. The predicted octanol–water partition coefficient (Wildman–Crippen LogP) is 4.83. The van der Waals surface area contributed by atoms with E-state index in [0.717, 1.165) is 36.1 Å². The average Bonchev–Trinajstić information content (AvgIpc) is 2.64. The number of nitrogens with one attached hydrogen (secondary N) is 1. The first-order valence-corrected chi connectivity index (χ1v) is 8.79. The van der Waals surface area contributed by atoms with E-state index in [9.17, 15) is 13.2 Å². The maximum atomic E-state index is 13.3. The molecule has 7 heteroatoms. The van der Waals surface area contributed by atoms with E-state index in [1.165, 1.54) is 12.3 Å². The summed E-state index contributed by atoms with van der Waals surface area (Å²) in [7, 11) is 2.05. The fourth-order valence-corrected chi connectivity index (χ4v) is 2.79. The van der Waals surface area contributed by atoms with Crippen molar-refractivity contribution in [3.8, 4) is 11.3 Å². The summed E-state index contributed by atoms with van der Waals surface area (Å²) in [4.78, 5) is 10.6. The SMILES string of the molecule is CC(C)N(C)CCC1=N[CH]c2ccc(-c3ncccc3C(F)(F)F)cc2N1. The fraction of sp³-hybridized carbons (Fsp3) is 0.350. The number of benzene rings is 1. The maximum absolute atomic E-state index is 13.3. The zero-order chi connectivity index (χ0) is 19.6. The van der Waals surface area contributed by atoms with Gasteiger partial charge < -0.3 is 10.2 Å². The highest BCUT2D eigenvalue weighted by atomic mass is 19.4. The average molecular weight is 375 g/mol. The van der Waals surface area contributed by atoms with E-state index in [2.05, 4.69) is 34.0 Å². The van der Waals surface area contributed by atoms with Crippen LogP contribution in [0.4, 0.5) is 18.9 Å². The van der Waals surface area contributed by atoms with Crippen LogP contribution in [-0.4, -0.2) is 35.4 Å². The van der Waals surface area contributed by atoms with Crippen LogP contribution in [-0.2, 0) is 6.18 Å². The van der Waals surface area contributed by atoms with Gasteiger partial charge in [-0.2, -0.15) is 13.2 Å². The van der Waals surface area contributed by atoms with Gasteiger partial charge in [-0.3, -0.25) is 9.98 Å². The molecule has 2 aromatic rings. The molecule has 27 heavy (non-hydrogen) atoms. The van der Waals surface area contributed by atoms with Gasteiger partial charge in [0.05, 0.1) is 11.3 Å². The van der Waals surface area contributed by atoms with Gasteiger partial charge >= 0.3 is 6.18 Å². The molecule has 0 spiro atoms. The van der Waals surface area contributed by atoms with Crippen LogP contribution in [0.15, 0.2) is 41.5 Å². The summed E-state index contributed by atoms with van der Waals surface area (Å²) < 4.78 is 39.9. The van der Waals surface area contributed by atoms with Crippen molar-refractivity contribution in [1.82, 2.24) is 9.88 Å². The van der Waals surface area contributed by atoms with Gasteiger partial charge in [0.25, 0.3) is 0 Å². The molecule has 0 fully saturated rings. The number of halogens is 3. The third-order valence-corrected chi connectivity index (χ3v) is 4.66. The Morgan fingerprint density at radius 1 is 1.19 bits per heavy atom. The smallest absolute Gasteiger partial charge is 0.344 e. The molecule has 1 N–H and O–H groups in total. The Bertz CT molecular complexity index is 843. The van der Waals surface area contributed by atoms with Crippen LogP contribution in [0.2, 0.25) is 0 Å². The van der Waals surface area contributed by atoms with Crippen LogP contribution in [0.3, 0.4) is 0 Å². The monoisotopic (exact) mass is 375 g/mol. The minimum absolute atomic E-state index is 0.0711. The number of hydrogen-bond acceptors (Lipinski definition) is 4. The molecule has 0 saturated heterocycles. The molecule has 0 amide bonds. The second-order valence-electron chi connectivity index (χ2n) is 6.85. The molecule has 1 radical (unpaired) electrons. The second kappa shape index (κ2) is 7.68. The topological polar surface area (TPSA) is 40.5 Å². The minimum atomic E-state index is -4.45. The molecule has 143 valence electrons. The molecule has 3 rings (SSSR count). The molecular formula is C20H22F3N4. The summed E-state index contributed by atoms with van der Waals surface area (Å²) in [6, 6.07) is 7.88. The Labute approximate surface area is 157 Å². The van der Waals surface area contributed by atoms with Crippen molar-refractivity contribution >= 4 is 11.5 Å². The first-order valence-electron chi connectivity index (χ1n) is 8.79. The number of aromatic nitrogens is 1. The molecule has 0 unspecified atom stereocenters. The number of nitrogens with zero attached hydrogens (tertiary/aromatic N) is 3. The molecule has 1 aliphatic heterocycles. The van der Waals surface area contributed by atoms with Gasteiger partial charge in [-0.25, -0.2) is 0 Å². The highest BCUT2D eigenvalue weighted by Crippen LogP contribution is 2.37. The Balaban J connectivity index is 1.83. The molecule has 0 bridgehead atoms. The maximum Gasteiger partial charge on any atom is 0.418 e. The Hall–Kier alpha value is -2.41. The van der Waals surface area contributed by atoms with Gasteiger partial charge in [-0.05, 0) is 39.1 Å². The molecule has 0 atom stereocenters. The number of fused-ring (bicyclic) bond motifs is 1. The first-order chi connectivity index (χ1) is 12.8. The molecular weight excluding hydrogens is 353 g/mol. The number of pyridine rings is 1.